The number of rotatable bonds is 3. The fourth-order valence-corrected chi connectivity index (χ4v) is 4.32. The molecule has 1 fully saturated rings. The van der Waals surface area contributed by atoms with Gasteiger partial charge in [0.05, 0.1) is 16.6 Å². The monoisotopic (exact) mass is 457 g/mol. The molecule has 0 bridgehead atoms. The van der Waals surface area contributed by atoms with E-state index in [1.807, 2.05) is 41.3 Å². The second-order valence-electron chi connectivity index (χ2n) is 8.58. The standard InChI is InChI=1S/C25H23N5O4/c1-29-6-8-30(9-7-29)25(32)16-2-4-19-20(11-16)28-23(27-19)18-10-17(13-26-24(18)31)15-3-5-21-22(12-15)34-14-33-21/h2-5,10-13H,6-9,14H2,1H3,(H,26,31)(H,27,28). The molecule has 4 heterocycles. The Bertz CT molecular complexity index is 1410. The van der Waals surface area contributed by atoms with Crippen molar-refractivity contribution < 1.29 is 19.4 Å². The molecular formula is C25H23N5O4. The summed E-state index contributed by atoms with van der Waals surface area (Å²) in [7, 11) is 2.06. The number of likely N-dealkylation sites (N-methyl/N-ethyl adjacent to an activating group) is 1. The zero-order valence-corrected chi connectivity index (χ0v) is 18.6. The number of fused-ring (bicyclic) bond motifs is 2. The highest BCUT2D eigenvalue weighted by molar-refractivity contribution is 5.98. The van der Waals surface area contributed by atoms with Crippen LogP contribution in [0.2, 0.25) is 0 Å². The van der Waals surface area contributed by atoms with Gasteiger partial charge < -0.3 is 29.4 Å². The van der Waals surface area contributed by atoms with Crippen LogP contribution in [0.5, 0.6) is 17.4 Å². The largest absolute Gasteiger partial charge is 0.493 e. The zero-order valence-electron chi connectivity index (χ0n) is 18.6. The Kier molecular flexibility index (Phi) is 4.84. The smallest absolute Gasteiger partial charge is 0.254 e. The van der Waals surface area contributed by atoms with Gasteiger partial charge in [0.1, 0.15) is 5.82 Å². The summed E-state index contributed by atoms with van der Waals surface area (Å²) in [6.45, 7) is 3.37. The van der Waals surface area contributed by atoms with Gasteiger partial charge in [-0.25, -0.2) is 9.97 Å². The lowest BCUT2D eigenvalue weighted by Gasteiger charge is -2.32. The number of hydrogen-bond acceptors (Lipinski definition) is 7. The summed E-state index contributed by atoms with van der Waals surface area (Å²) in [6.07, 6.45) is 1.60. The SMILES string of the molecule is CN1CCN(C(=O)c2ccc3[nH]c(-c4cc(-c5ccc6c(c5)OCO6)cnc4O)nc3c2)CC1. The Hall–Kier alpha value is -4.11. The van der Waals surface area contributed by atoms with Crippen LogP contribution in [0.1, 0.15) is 10.4 Å². The molecule has 2 aliphatic heterocycles. The zero-order chi connectivity index (χ0) is 23.2. The summed E-state index contributed by atoms with van der Waals surface area (Å²) in [5, 5.41) is 10.5. The number of hydrogen-bond donors (Lipinski definition) is 2. The molecule has 2 aromatic carbocycles. The lowest BCUT2D eigenvalue weighted by molar-refractivity contribution is 0.0664. The number of carbonyl (C=O) groups excluding carboxylic acids is 1. The van der Waals surface area contributed by atoms with Crippen molar-refractivity contribution in [3.8, 4) is 39.9 Å². The molecule has 0 aliphatic carbocycles. The molecule has 1 saturated heterocycles. The van der Waals surface area contributed by atoms with E-state index in [1.54, 1.807) is 12.3 Å². The number of benzene rings is 2. The average molecular weight is 457 g/mol. The van der Waals surface area contributed by atoms with Gasteiger partial charge in [0, 0.05) is 43.5 Å². The van der Waals surface area contributed by atoms with E-state index in [1.165, 1.54) is 0 Å². The molecule has 0 atom stereocenters. The maximum Gasteiger partial charge on any atom is 0.254 e. The minimum absolute atomic E-state index is 0.00821. The van der Waals surface area contributed by atoms with E-state index in [-0.39, 0.29) is 18.6 Å². The molecule has 9 heteroatoms. The first-order valence-corrected chi connectivity index (χ1v) is 11.1. The third-order valence-electron chi connectivity index (χ3n) is 6.35. The van der Waals surface area contributed by atoms with Crippen LogP contribution in [0.25, 0.3) is 33.5 Å². The van der Waals surface area contributed by atoms with Gasteiger partial charge in [0.15, 0.2) is 11.5 Å². The number of H-pyrrole nitrogens is 1. The molecule has 34 heavy (non-hydrogen) atoms. The number of aromatic amines is 1. The summed E-state index contributed by atoms with van der Waals surface area (Å²) < 4.78 is 10.9. The Morgan fingerprint density at radius 3 is 2.68 bits per heavy atom. The first-order valence-electron chi connectivity index (χ1n) is 11.1. The third kappa shape index (κ3) is 3.60. The van der Waals surface area contributed by atoms with Crippen molar-refractivity contribution in [1.82, 2.24) is 24.8 Å². The van der Waals surface area contributed by atoms with E-state index < -0.39 is 0 Å². The predicted molar refractivity (Wildman–Crippen MR) is 126 cm³/mol. The minimum Gasteiger partial charge on any atom is -0.493 e. The number of ether oxygens (including phenoxy) is 2. The van der Waals surface area contributed by atoms with Crippen LogP contribution < -0.4 is 9.47 Å². The molecule has 172 valence electrons. The van der Waals surface area contributed by atoms with Gasteiger partial charge in [-0.05, 0) is 49.0 Å². The minimum atomic E-state index is -0.128. The van der Waals surface area contributed by atoms with Gasteiger partial charge in [-0.3, -0.25) is 4.79 Å². The number of carbonyl (C=O) groups is 1. The molecule has 0 saturated carbocycles. The van der Waals surface area contributed by atoms with Gasteiger partial charge >= 0.3 is 0 Å². The van der Waals surface area contributed by atoms with E-state index in [4.69, 9.17) is 9.47 Å². The van der Waals surface area contributed by atoms with E-state index in [0.29, 0.717) is 47.1 Å². The number of amides is 1. The van der Waals surface area contributed by atoms with E-state index in [9.17, 15) is 9.90 Å². The quantitative estimate of drug-likeness (QED) is 0.487. The molecule has 0 radical (unpaired) electrons. The number of aromatic hydroxyl groups is 1. The highest BCUT2D eigenvalue weighted by atomic mass is 16.7. The first-order chi connectivity index (χ1) is 16.5. The highest BCUT2D eigenvalue weighted by Crippen LogP contribution is 2.37. The molecule has 2 aliphatic rings. The third-order valence-corrected chi connectivity index (χ3v) is 6.35. The lowest BCUT2D eigenvalue weighted by atomic mass is 10.0. The van der Waals surface area contributed by atoms with Crippen LogP contribution in [0.3, 0.4) is 0 Å². The molecule has 4 aromatic rings. The highest BCUT2D eigenvalue weighted by Gasteiger charge is 2.21. The van der Waals surface area contributed by atoms with Crippen LogP contribution in [0, 0.1) is 0 Å². The van der Waals surface area contributed by atoms with Crippen LogP contribution >= 0.6 is 0 Å². The normalized spacial score (nSPS) is 15.7. The van der Waals surface area contributed by atoms with Crippen molar-refractivity contribution in [1.29, 1.82) is 0 Å². The van der Waals surface area contributed by atoms with Crippen LogP contribution in [-0.2, 0) is 0 Å². The topological polar surface area (TPSA) is 104 Å². The lowest BCUT2D eigenvalue weighted by Crippen LogP contribution is -2.47. The van der Waals surface area contributed by atoms with E-state index >= 15 is 0 Å². The number of nitrogens with zero attached hydrogens (tertiary/aromatic N) is 4. The van der Waals surface area contributed by atoms with Crippen LogP contribution in [0.4, 0.5) is 0 Å². The van der Waals surface area contributed by atoms with Crippen molar-refractivity contribution in [2.24, 2.45) is 0 Å². The van der Waals surface area contributed by atoms with E-state index in [0.717, 1.165) is 29.7 Å². The van der Waals surface area contributed by atoms with Gasteiger partial charge in [-0.1, -0.05) is 6.07 Å². The molecule has 9 nitrogen and oxygen atoms in total. The number of nitrogens with one attached hydrogen (secondary N) is 1. The summed E-state index contributed by atoms with van der Waals surface area (Å²) in [5.74, 6) is 1.74. The van der Waals surface area contributed by atoms with Crippen molar-refractivity contribution in [2.45, 2.75) is 0 Å². The molecule has 6 rings (SSSR count). The summed E-state index contributed by atoms with van der Waals surface area (Å²) >= 11 is 0. The number of pyridine rings is 1. The maximum atomic E-state index is 13.0. The van der Waals surface area contributed by atoms with Crippen molar-refractivity contribution in [3.05, 3.63) is 54.2 Å². The Labute approximate surface area is 195 Å². The van der Waals surface area contributed by atoms with Gasteiger partial charge in [-0.2, -0.15) is 0 Å². The van der Waals surface area contributed by atoms with Crippen molar-refractivity contribution in [3.63, 3.8) is 0 Å². The van der Waals surface area contributed by atoms with Gasteiger partial charge in [0.2, 0.25) is 12.7 Å². The summed E-state index contributed by atoms with van der Waals surface area (Å²) in [4.78, 5) is 29.1. The van der Waals surface area contributed by atoms with Crippen molar-refractivity contribution in [2.75, 3.05) is 40.0 Å². The molecule has 2 aromatic heterocycles. The van der Waals surface area contributed by atoms with Crippen LogP contribution in [0.15, 0.2) is 48.7 Å². The maximum absolute atomic E-state index is 13.0. The summed E-state index contributed by atoms with van der Waals surface area (Å²) in [6, 6.07) is 12.9. The fourth-order valence-electron chi connectivity index (χ4n) is 4.32. The van der Waals surface area contributed by atoms with E-state index in [2.05, 4.69) is 26.9 Å². The molecular weight excluding hydrogens is 434 g/mol. The Balaban J connectivity index is 1.32. The second-order valence-corrected chi connectivity index (χ2v) is 8.58. The van der Waals surface area contributed by atoms with Gasteiger partial charge in [-0.15, -0.1) is 0 Å². The number of piperazine rings is 1. The molecule has 0 spiro atoms. The summed E-state index contributed by atoms with van der Waals surface area (Å²) in [5.41, 5.74) is 4.19. The number of aromatic nitrogens is 3. The average Bonchev–Trinajstić information content (AvgIpc) is 3.50. The number of imidazole rings is 1. The second kappa shape index (κ2) is 8.03. The van der Waals surface area contributed by atoms with Crippen LogP contribution in [-0.4, -0.2) is 75.8 Å². The van der Waals surface area contributed by atoms with Gasteiger partial charge in [0.25, 0.3) is 5.91 Å². The molecule has 1 amide bonds. The Morgan fingerprint density at radius 2 is 1.82 bits per heavy atom. The first kappa shape index (κ1) is 20.5. The molecule has 2 N–H and O–H groups in total. The Morgan fingerprint density at radius 1 is 1.00 bits per heavy atom. The molecule has 0 unspecified atom stereocenters. The fraction of sp³-hybridized carbons (Fsp3) is 0.240. The van der Waals surface area contributed by atoms with Crippen molar-refractivity contribution >= 4 is 16.9 Å². The predicted octanol–water partition coefficient (Wildman–Crippen LogP) is 3.11.